The van der Waals surface area contributed by atoms with E-state index in [1.165, 1.54) is 6.20 Å². The molecule has 0 atom stereocenters. The molecular formula is C12H13NO3S. The van der Waals surface area contributed by atoms with E-state index in [1.54, 1.807) is 13.8 Å². The third kappa shape index (κ3) is 3.40. The number of aryl methyl sites for hydroxylation is 1. The zero-order valence-corrected chi connectivity index (χ0v) is 10.5. The number of ether oxygens (including phenoxy) is 1. The summed E-state index contributed by atoms with van der Waals surface area (Å²) in [6.45, 7) is 3.74. The van der Waals surface area contributed by atoms with Crippen LogP contribution in [0.25, 0.3) is 0 Å². The van der Waals surface area contributed by atoms with Crippen molar-refractivity contribution in [3.8, 4) is 18.1 Å². The lowest BCUT2D eigenvalue weighted by Gasteiger charge is -2.08. The second-order valence-electron chi connectivity index (χ2n) is 3.20. The molecular weight excluding hydrogens is 238 g/mol. The Morgan fingerprint density at radius 3 is 3.00 bits per heavy atom. The maximum atomic E-state index is 11.2. The summed E-state index contributed by atoms with van der Waals surface area (Å²) in [6, 6.07) is 0. The Balaban J connectivity index is 2.87. The van der Waals surface area contributed by atoms with E-state index in [-0.39, 0.29) is 16.8 Å². The molecule has 0 bridgehead atoms. The van der Waals surface area contributed by atoms with E-state index in [1.807, 2.05) is 0 Å². The first-order valence-corrected chi connectivity index (χ1v) is 6.02. The van der Waals surface area contributed by atoms with Crippen LogP contribution >= 0.6 is 11.8 Å². The zero-order valence-electron chi connectivity index (χ0n) is 9.69. The molecule has 1 rings (SSSR count). The molecule has 5 heteroatoms. The molecule has 0 saturated carbocycles. The summed E-state index contributed by atoms with van der Waals surface area (Å²) < 4.78 is 4.78. The Hall–Kier alpha value is -1.67. The predicted molar refractivity (Wildman–Crippen MR) is 66.9 cm³/mol. The van der Waals surface area contributed by atoms with E-state index >= 15 is 0 Å². The van der Waals surface area contributed by atoms with E-state index in [0.29, 0.717) is 23.4 Å². The van der Waals surface area contributed by atoms with Gasteiger partial charge in [-0.25, -0.2) is 4.79 Å². The Morgan fingerprint density at radius 1 is 1.71 bits per heavy atom. The van der Waals surface area contributed by atoms with Gasteiger partial charge in [0, 0.05) is 17.5 Å². The molecule has 0 unspecified atom stereocenters. The molecule has 0 amide bonds. The van der Waals surface area contributed by atoms with Crippen molar-refractivity contribution in [2.75, 3.05) is 6.61 Å². The molecule has 1 N–H and O–H groups in total. The summed E-state index contributed by atoms with van der Waals surface area (Å²) in [4.78, 5) is 15.2. The van der Waals surface area contributed by atoms with Crippen molar-refractivity contribution in [3.63, 3.8) is 0 Å². The monoisotopic (exact) mass is 251 g/mol. The molecule has 0 spiro atoms. The van der Waals surface area contributed by atoms with Crippen molar-refractivity contribution in [2.45, 2.75) is 19.6 Å². The van der Waals surface area contributed by atoms with Crippen molar-refractivity contribution in [3.05, 3.63) is 23.0 Å². The molecule has 0 radical (unpaired) electrons. The number of nitrogens with zero attached hydrogens (tertiary/aromatic N) is 1. The zero-order chi connectivity index (χ0) is 12.8. The van der Waals surface area contributed by atoms with Gasteiger partial charge in [0.1, 0.15) is 5.75 Å². The molecule has 90 valence electrons. The van der Waals surface area contributed by atoms with Gasteiger partial charge >= 0.3 is 5.30 Å². The minimum atomic E-state index is -0.385. The number of terminal acetylenes is 1. The van der Waals surface area contributed by atoms with Crippen LogP contribution in [0.3, 0.4) is 0 Å². The number of hydrogen-bond acceptors (Lipinski definition) is 5. The van der Waals surface area contributed by atoms with Crippen molar-refractivity contribution >= 4 is 17.1 Å². The van der Waals surface area contributed by atoms with Crippen LogP contribution in [0.5, 0.6) is 5.75 Å². The van der Waals surface area contributed by atoms with Crippen LogP contribution < -0.4 is 0 Å². The van der Waals surface area contributed by atoms with Crippen molar-refractivity contribution in [2.24, 2.45) is 0 Å². The first-order valence-electron chi connectivity index (χ1n) is 5.03. The fraction of sp³-hybridized carbons (Fsp3) is 0.333. The molecule has 17 heavy (non-hydrogen) atoms. The molecule has 0 aliphatic rings. The average Bonchev–Trinajstić information content (AvgIpc) is 2.31. The smallest absolute Gasteiger partial charge is 0.367 e. The minimum Gasteiger partial charge on any atom is -0.506 e. The first kappa shape index (κ1) is 13.4. The van der Waals surface area contributed by atoms with Crippen LogP contribution in [0.2, 0.25) is 0 Å². The highest BCUT2D eigenvalue weighted by atomic mass is 32.2. The summed E-state index contributed by atoms with van der Waals surface area (Å²) in [6.07, 6.45) is 6.82. The van der Waals surface area contributed by atoms with Gasteiger partial charge in [0.25, 0.3) is 0 Å². The quantitative estimate of drug-likeness (QED) is 0.660. The molecule has 0 fully saturated rings. The molecule has 0 aliphatic carbocycles. The van der Waals surface area contributed by atoms with Crippen molar-refractivity contribution in [1.82, 2.24) is 4.98 Å². The normalized spacial score (nSPS) is 9.71. The molecule has 1 aromatic heterocycles. The van der Waals surface area contributed by atoms with Crippen molar-refractivity contribution < 1.29 is 14.6 Å². The number of hydrogen-bond donors (Lipinski definition) is 1. The Labute approximate surface area is 104 Å². The molecule has 0 aliphatic heterocycles. The third-order valence-electron chi connectivity index (χ3n) is 2.09. The van der Waals surface area contributed by atoms with Crippen LogP contribution in [0.15, 0.2) is 6.20 Å². The SMILES string of the molecule is C#Cc1cnc(C)c(O)c1CSC(=O)OCC. The van der Waals surface area contributed by atoms with Gasteiger partial charge in [-0.15, -0.1) is 6.42 Å². The molecule has 1 aromatic rings. The van der Waals surface area contributed by atoms with Gasteiger partial charge in [-0.3, -0.25) is 4.98 Å². The lowest BCUT2D eigenvalue weighted by Crippen LogP contribution is -1.99. The fourth-order valence-corrected chi connectivity index (χ4v) is 1.96. The summed E-state index contributed by atoms with van der Waals surface area (Å²) in [5.74, 6) is 2.74. The Bertz CT molecular complexity index is 466. The number of thioether (sulfide) groups is 1. The van der Waals surface area contributed by atoms with Gasteiger partial charge in [-0.2, -0.15) is 0 Å². The predicted octanol–water partition coefficient (Wildman–Crippen LogP) is 2.47. The summed E-state index contributed by atoms with van der Waals surface area (Å²) >= 11 is 0.962. The number of aromatic hydroxyl groups is 1. The number of carbonyl (C=O) groups excluding carboxylic acids is 1. The number of pyridine rings is 1. The van der Waals surface area contributed by atoms with Gasteiger partial charge in [0.15, 0.2) is 0 Å². The van der Waals surface area contributed by atoms with E-state index < -0.39 is 0 Å². The standard InChI is InChI=1S/C12H13NO3S/c1-4-9-6-13-8(3)11(14)10(9)7-17-12(15)16-5-2/h1,6,14H,5,7H2,2-3H3. The van der Waals surface area contributed by atoms with Gasteiger partial charge < -0.3 is 9.84 Å². The van der Waals surface area contributed by atoms with Crippen molar-refractivity contribution in [1.29, 1.82) is 0 Å². The highest BCUT2D eigenvalue weighted by molar-refractivity contribution is 8.12. The molecule has 1 heterocycles. The van der Waals surface area contributed by atoms with E-state index in [2.05, 4.69) is 10.9 Å². The summed E-state index contributed by atoms with van der Waals surface area (Å²) in [5.41, 5.74) is 1.52. The maximum absolute atomic E-state index is 11.2. The van der Waals surface area contributed by atoms with Crippen LogP contribution in [0, 0.1) is 19.3 Å². The lowest BCUT2D eigenvalue weighted by molar-refractivity contribution is 0.181. The number of aromatic nitrogens is 1. The first-order chi connectivity index (χ1) is 8.10. The highest BCUT2D eigenvalue weighted by Gasteiger charge is 2.13. The van der Waals surface area contributed by atoms with Crippen LogP contribution in [0.1, 0.15) is 23.7 Å². The van der Waals surface area contributed by atoms with Crippen LogP contribution in [0.4, 0.5) is 4.79 Å². The minimum absolute atomic E-state index is 0.0391. The van der Waals surface area contributed by atoms with E-state index in [9.17, 15) is 9.90 Å². The van der Waals surface area contributed by atoms with Gasteiger partial charge in [0.05, 0.1) is 17.9 Å². The second kappa shape index (κ2) is 6.16. The van der Waals surface area contributed by atoms with E-state index in [0.717, 1.165) is 11.8 Å². The number of carbonyl (C=O) groups is 1. The lowest BCUT2D eigenvalue weighted by atomic mass is 10.1. The topological polar surface area (TPSA) is 59.4 Å². The average molecular weight is 251 g/mol. The third-order valence-corrected chi connectivity index (χ3v) is 2.88. The van der Waals surface area contributed by atoms with E-state index in [4.69, 9.17) is 11.2 Å². The second-order valence-corrected chi connectivity index (χ2v) is 4.11. The summed E-state index contributed by atoms with van der Waals surface area (Å²) in [7, 11) is 0. The van der Waals surface area contributed by atoms with Crippen LogP contribution in [-0.4, -0.2) is 22.0 Å². The van der Waals surface area contributed by atoms with Crippen LogP contribution in [-0.2, 0) is 10.5 Å². The maximum Gasteiger partial charge on any atom is 0.367 e. The number of rotatable bonds is 3. The summed E-state index contributed by atoms with van der Waals surface area (Å²) in [5, 5.41) is 9.44. The largest absolute Gasteiger partial charge is 0.506 e. The Kier molecular flexibility index (Phi) is 4.85. The van der Waals surface area contributed by atoms with Gasteiger partial charge in [-0.1, -0.05) is 5.92 Å². The fourth-order valence-electron chi connectivity index (χ4n) is 1.21. The van der Waals surface area contributed by atoms with Gasteiger partial charge in [0.2, 0.25) is 0 Å². The Morgan fingerprint density at radius 2 is 2.41 bits per heavy atom. The van der Waals surface area contributed by atoms with Gasteiger partial charge in [-0.05, 0) is 25.6 Å². The molecule has 0 saturated heterocycles. The highest BCUT2D eigenvalue weighted by Crippen LogP contribution is 2.28. The molecule has 0 aromatic carbocycles. The molecule has 4 nitrogen and oxygen atoms in total.